The summed E-state index contributed by atoms with van der Waals surface area (Å²) in [5, 5.41) is 18.6. The van der Waals surface area contributed by atoms with Crippen molar-refractivity contribution in [3.05, 3.63) is 17.5 Å². The molecule has 0 saturated carbocycles. The first-order valence-corrected chi connectivity index (χ1v) is 7.59. The second-order valence-electron chi connectivity index (χ2n) is 4.68. The molecule has 7 nitrogen and oxygen atoms in total. The summed E-state index contributed by atoms with van der Waals surface area (Å²) in [5.41, 5.74) is 2.18. The van der Waals surface area contributed by atoms with Gasteiger partial charge in [-0.25, -0.2) is 9.59 Å². The first kappa shape index (κ1) is 14.7. The fraction of sp³-hybridized carbons (Fsp3) is 0.583. The van der Waals surface area contributed by atoms with Crippen LogP contribution in [0.25, 0.3) is 0 Å². The Labute approximate surface area is 121 Å². The molecule has 3 N–H and O–H groups in total. The first-order valence-electron chi connectivity index (χ1n) is 6.43. The highest BCUT2D eigenvalue weighted by Gasteiger charge is 2.34. The van der Waals surface area contributed by atoms with Crippen molar-refractivity contribution in [1.82, 2.24) is 20.4 Å². The minimum Gasteiger partial charge on any atom is -0.480 e. The molecule has 1 aliphatic heterocycles. The van der Waals surface area contributed by atoms with Gasteiger partial charge in [0.2, 0.25) is 0 Å². The maximum absolute atomic E-state index is 11.9. The van der Waals surface area contributed by atoms with Gasteiger partial charge in [0, 0.05) is 18.0 Å². The van der Waals surface area contributed by atoms with Crippen molar-refractivity contribution in [2.75, 3.05) is 18.2 Å². The Bertz CT molecular complexity index is 491. The number of hydrogen-bond donors (Lipinski definition) is 3. The molecule has 2 heterocycles. The van der Waals surface area contributed by atoms with Crippen LogP contribution in [0.5, 0.6) is 0 Å². The molecule has 0 aliphatic carbocycles. The summed E-state index contributed by atoms with van der Waals surface area (Å²) < 4.78 is 0. The molecule has 1 atom stereocenters. The predicted molar refractivity (Wildman–Crippen MR) is 75.6 cm³/mol. The second-order valence-corrected chi connectivity index (χ2v) is 5.68. The zero-order valence-electron chi connectivity index (χ0n) is 11.3. The van der Waals surface area contributed by atoms with Gasteiger partial charge in [-0.1, -0.05) is 0 Å². The Balaban J connectivity index is 1.72. The number of carbonyl (C=O) groups is 2. The number of aromatic amines is 1. The van der Waals surface area contributed by atoms with Gasteiger partial charge in [0.1, 0.15) is 6.04 Å². The van der Waals surface area contributed by atoms with Gasteiger partial charge in [-0.15, -0.1) is 11.8 Å². The molecular weight excluding hydrogens is 280 g/mol. The molecule has 8 heteroatoms. The van der Waals surface area contributed by atoms with Crippen molar-refractivity contribution >= 4 is 23.8 Å². The lowest BCUT2D eigenvalue weighted by atomic mass is 10.1. The van der Waals surface area contributed by atoms with Crippen LogP contribution in [0.15, 0.2) is 6.20 Å². The second kappa shape index (κ2) is 6.65. The van der Waals surface area contributed by atoms with Gasteiger partial charge in [-0.05, 0) is 25.3 Å². The number of aromatic nitrogens is 2. The van der Waals surface area contributed by atoms with Crippen LogP contribution in [0.2, 0.25) is 0 Å². The van der Waals surface area contributed by atoms with Gasteiger partial charge in [0.05, 0.1) is 12.1 Å². The molecule has 1 saturated heterocycles. The van der Waals surface area contributed by atoms with Crippen molar-refractivity contribution in [2.24, 2.45) is 0 Å². The van der Waals surface area contributed by atoms with Crippen LogP contribution in [0.3, 0.4) is 0 Å². The predicted octanol–water partition coefficient (Wildman–Crippen LogP) is 0.820. The van der Waals surface area contributed by atoms with Crippen LogP contribution in [-0.2, 0) is 11.2 Å². The fourth-order valence-corrected chi connectivity index (χ4v) is 3.20. The number of amides is 2. The Morgan fingerprint density at radius 3 is 3.10 bits per heavy atom. The topological polar surface area (TPSA) is 98.3 Å². The summed E-state index contributed by atoms with van der Waals surface area (Å²) in [6.07, 6.45) is 3.42. The number of nitrogens with one attached hydrogen (secondary N) is 2. The molecule has 1 aliphatic rings. The molecule has 1 fully saturated rings. The molecular formula is C12H18N4O3S. The third-order valence-corrected chi connectivity index (χ3v) is 4.27. The van der Waals surface area contributed by atoms with Crippen LogP contribution in [0.4, 0.5) is 4.79 Å². The SMILES string of the molecule is Cc1[nH]ncc1CCCNC(=O)N1CSCC1C(=O)O. The van der Waals surface area contributed by atoms with E-state index in [1.807, 2.05) is 6.92 Å². The largest absolute Gasteiger partial charge is 0.480 e. The monoisotopic (exact) mass is 298 g/mol. The highest BCUT2D eigenvalue weighted by Crippen LogP contribution is 2.20. The normalized spacial score (nSPS) is 18.2. The smallest absolute Gasteiger partial charge is 0.327 e. The molecule has 0 spiro atoms. The number of carboxylic acid groups (broad SMARTS) is 1. The Hall–Kier alpha value is -1.70. The maximum atomic E-state index is 11.9. The molecule has 0 bridgehead atoms. The minimum atomic E-state index is -0.945. The number of aryl methyl sites for hydroxylation is 2. The number of hydrogen-bond acceptors (Lipinski definition) is 4. The maximum Gasteiger partial charge on any atom is 0.327 e. The summed E-state index contributed by atoms with van der Waals surface area (Å²) in [7, 11) is 0. The molecule has 1 aromatic heterocycles. The zero-order valence-corrected chi connectivity index (χ0v) is 12.1. The fourth-order valence-electron chi connectivity index (χ4n) is 2.05. The van der Waals surface area contributed by atoms with E-state index >= 15 is 0 Å². The van der Waals surface area contributed by atoms with E-state index in [9.17, 15) is 9.59 Å². The van der Waals surface area contributed by atoms with Gasteiger partial charge < -0.3 is 15.3 Å². The lowest BCUT2D eigenvalue weighted by Gasteiger charge is -2.20. The average Bonchev–Trinajstić information content (AvgIpc) is 3.03. The van der Waals surface area contributed by atoms with Gasteiger partial charge in [-0.2, -0.15) is 5.10 Å². The van der Waals surface area contributed by atoms with Crippen molar-refractivity contribution in [2.45, 2.75) is 25.8 Å². The molecule has 0 aromatic carbocycles. The lowest BCUT2D eigenvalue weighted by molar-refractivity contribution is -0.140. The summed E-state index contributed by atoms with van der Waals surface area (Å²) >= 11 is 1.46. The summed E-state index contributed by atoms with van der Waals surface area (Å²) in [4.78, 5) is 24.3. The standard InChI is InChI=1S/C12H18N4O3S/c1-8-9(5-14-15-8)3-2-4-13-12(19)16-7-20-6-10(16)11(17)18/h5,10H,2-4,6-7H2,1H3,(H,13,19)(H,14,15)(H,17,18). The Morgan fingerprint density at radius 2 is 2.45 bits per heavy atom. The number of carboxylic acids is 1. The lowest BCUT2D eigenvalue weighted by Crippen LogP contribution is -2.47. The molecule has 20 heavy (non-hydrogen) atoms. The van der Waals surface area contributed by atoms with Crippen molar-refractivity contribution in [3.8, 4) is 0 Å². The van der Waals surface area contributed by atoms with E-state index in [-0.39, 0.29) is 6.03 Å². The number of rotatable bonds is 5. The van der Waals surface area contributed by atoms with E-state index in [2.05, 4.69) is 15.5 Å². The number of thioether (sulfide) groups is 1. The average molecular weight is 298 g/mol. The number of aliphatic carboxylic acids is 1. The minimum absolute atomic E-state index is 0.300. The van der Waals surface area contributed by atoms with Crippen LogP contribution >= 0.6 is 11.8 Å². The molecule has 110 valence electrons. The van der Waals surface area contributed by atoms with Gasteiger partial charge in [0.15, 0.2) is 0 Å². The van der Waals surface area contributed by atoms with E-state index in [4.69, 9.17) is 5.11 Å². The number of H-pyrrole nitrogens is 1. The van der Waals surface area contributed by atoms with E-state index in [0.717, 1.165) is 24.1 Å². The molecule has 1 unspecified atom stereocenters. The van der Waals surface area contributed by atoms with Crippen molar-refractivity contribution < 1.29 is 14.7 Å². The van der Waals surface area contributed by atoms with E-state index in [1.165, 1.54) is 16.7 Å². The van der Waals surface area contributed by atoms with E-state index in [1.54, 1.807) is 6.20 Å². The highest BCUT2D eigenvalue weighted by molar-refractivity contribution is 7.99. The zero-order chi connectivity index (χ0) is 14.5. The number of carbonyl (C=O) groups excluding carboxylic acids is 1. The first-order chi connectivity index (χ1) is 9.59. The van der Waals surface area contributed by atoms with Crippen LogP contribution < -0.4 is 5.32 Å². The molecule has 0 radical (unpaired) electrons. The van der Waals surface area contributed by atoms with Gasteiger partial charge in [0.25, 0.3) is 0 Å². The summed E-state index contributed by atoms with van der Waals surface area (Å²) in [6.45, 7) is 2.48. The van der Waals surface area contributed by atoms with Crippen LogP contribution in [0, 0.1) is 6.92 Å². The molecule has 2 rings (SSSR count). The van der Waals surface area contributed by atoms with E-state index < -0.39 is 12.0 Å². The van der Waals surface area contributed by atoms with E-state index in [0.29, 0.717) is 18.2 Å². The highest BCUT2D eigenvalue weighted by atomic mass is 32.2. The summed E-state index contributed by atoms with van der Waals surface area (Å²) in [5.74, 6) is -0.0557. The van der Waals surface area contributed by atoms with Crippen molar-refractivity contribution in [3.63, 3.8) is 0 Å². The third kappa shape index (κ3) is 3.44. The Morgan fingerprint density at radius 1 is 1.65 bits per heavy atom. The third-order valence-electron chi connectivity index (χ3n) is 3.26. The summed E-state index contributed by atoms with van der Waals surface area (Å²) in [6, 6.07) is -1.01. The van der Waals surface area contributed by atoms with Crippen LogP contribution in [-0.4, -0.2) is 56.4 Å². The number of nitrogens with zero attached hydrogens (tertiary/aromatic N) is 2. The van der Waals surface area contributed by atoms with Gasteiger partial charge >= 0.3 is 12.0 Å². The van der Waals surface area contributed by atoms with Gasteiger partial charge in [-0.3, -0.25) is 5.10 Å². The quantitative estimate of drug-likeness (QED) is 0.699. The van der Waals surface area contributed by atoms with Crippen LogP contribution in [0.1, 0.15) is 17.7 Å². The number of urea groups is 1. The van der Waals surface area contributed by atoms with Crippen molar-refractivity contribution in [1.29, 1.82) is 0 Å². The molecule has 2 amide bonds. The Kier molecular flexibility index (Phi) is 4.89. The molecule has 1 aromatic rings.